The first-order valence-electron chi connectivity index (χ1n) is 7.53. The van der Waals surface area contributed by atoms with Crippen molar-refractivity contribution in [1.82, 2.24) is 10.2 Å². The van der Waals surface area contributed by atoms with Gasteiger partial charge in [0.1, 0.15) is 0 Å². The minimum Gasteiger partial charge on any atom is -0.351 e. The second kappa shape index (κ2) is 6.98. The van der Waals surface area contributed by atoms with E-state index in [0.29, 0.717) is 6.04 Å². The molecule has 4 nitrogen and oxygen atoms in total. The molecule has 2 fully saturated rings. The molecular weight excluding hydrogens is 226 g/mol. The summed E-state index contributed by atoms with van der Waals surface area (Å²) in [6.07, 6.45) is 10.6. The lowest BCUT2D eigenvalue weighted by molar-refractivity contribution is 0.185. The number of carbonyl (C=O) groups excluding carboxylic acids is 1. The Morgan fingerprint density at radius 1 is 1.17 bits per heavy atom. The average molecular weight is 253 g/mol. The molecule has 1 aliphatic carbocycles. The van der Waals surface area contributed by atoms with E-state index in [2.05, 4.69) is 5.32 Å². The highest BCUT2D eigenvalue weighted by molar-refractivity contribution is 5.72. The van der Waals surface area contributed by atoms with Gasteiger partial charge in [0.2, 0.25) is 0 Å². The zero-order chi connectivity index (χ0) is 12.8. The molecule has 3 N–H and O–H groups in total. The molecule has 2 aliphatic rings. The molecule has 2 amide bonds. The highest BCUT2D eigenvalue weighted by Crippen LogP contribution is 2.28. The number of nitrogens with one attached hydrogen (secondary N) is 1. The summed E-state index contributed by atoms with van der Waals surface area (Å²) in [5, 5.41) is 3.63. The van der Waals surface area contributed by atoms with Crippen LogP contribution in [0.4, 0.5) is 4.79 Å². The van der Waals surface area contributed by atoms with Crippen molar-refractivity contribution in [2.75, 3.05) is 19.6 Å². The van der Waals surface area contributed by atoms with Gasteiger partial charge in [0, 0.05) is 19.1 Å². The molecule has 0 aromatic heterocycles. The van der Waals surface area contributed by atoms with Crippen LogP contribution in [0, 0.1) is 5.92 Å². The zero-order valence-electron chi connectivity index (χ0n) is 11.4. The predicted molar refractivity (Wildman–Crippen MR) is 73.4 cm³/mol. The number of urea groups is 1. The van der Waals surface area contributed by atoms with E-state index in [1.165, 1.54) is 38.5 Å². The number of nitrogens with two attached hydrogens (primary N) is 1. The summed E-state index contributed by atoms with van der Waals surface area (Å²) < 4.78 is 0. The number of nitrogens with zero attached hydrogens (tertiary/aromatic N) is 1. The molecule has 0 aromatic carbocycles. The van der Waals surface area contributed by atoms with Crippen LogP contribution in [-0.2, 0) is 0 Å². The second-order valence-electron chi connectivity index (χ2n) is 5.85. The highest BCUT2D eigenvalue weighted by Gasteiger charge is 2.20. The van der Waals surface area contributed by atoms with Crippen molar-refractivity contribution < 1.29 is 4.79 Å². The fraction of sp³-hybridized carbons (Fsp3) is 0.929. The van der Waals surface area contributed by atoms with Gasteiger partial charge in [-0.05, 0) is 38.1 Å². The molecule has 104 valence electrons. The molecule has 0 radical (unpaired) electrons. The summed E-state index contributed by atoms with van der Waals surface area (Å²) in [5.41, 5.74) is 5.27. The number of hydrogen-bond donors (Lipinski definition) is 2. The lowest BCUT2D eigenvalue weighted by atomic mass is 10.0. The maximum Gasteiger partial charge on any atom is 0.314 e. The molecule has 1 saturated carbocycles. The van der Waals surface area contributed by atoms with Crippen LogP contribution >= 0.6 is 0 Å². The normalized spacial score (nSPS) is 22.6. The second-order valence-corrected chi connectivity index (χ2v) is 5.85. The largest absolute Gasteiger partial charge is 0.351 e. The highest BCUT2D eigenvalue weighted by atomic mass is 16.2. The summed E-state index contributed by atoms with van der Waals surface area (Å²) >= 11 is 0. The number of rotatable bonds is 5. The van der Waals surface area contributed by atoms with Gasteiger partial charge in [-0.1, -0.05) is 25.7 Å². The Kier molecular flexibility index (Phi) is 5.29. The standard InChI is InChI=1S/C14H27N3O/c15-14(18)17-10-7-13(8-11-17)16-9-3-6-12-4-1-2-5-12/h12-13,16H,1-11H2,(H2,15,18). The van der Waals surface area contributed by atoms with Gasteiger partial charge in [0.15, 0.2) is 0 Å². The fourth-order valence-electron chi connectivity index (χ4n) is 3.30. The van der Waals surface area contributed by atoms with E-state index < -0.39 is 0 Å². The van der Waals surface area contributed by atoms with Gasteiger partial charge in [-0.25, -0.2) is 4.79 Å². The monoisotopic (exact) mass is 253 g/mol. The van der Waals surface area contributed by atoms with E-state index >= 15 is 0 Å². The third-order valence-corrected chi connectivity index (χ3v) is 4.50. The van der Waals surface area contributed by atoms with Crippen molar-refractivity contribution in [3.8, 4) is 0 Å². The van der Waals surface area contributed by atoms with Gasteiger partial charge in [-0.15, -0.1) is 0 Å². The zero-order valence-corrected chi connectivity index (χ0v) is 11.4. The third kappa shape index (κ3) is 4.16. The maximum absolute atomic E-state index is 11.0. The molecule has 0 unspecified atom stereocenters. The summed E-state index contributed by atoms with van der Waals surface area (Å²) in [4.78, 5) is 12.7. The molecule has 0 aromatic rings. The molecule has 1 heterocycles. The summed E-state index contributed by atoms with van der Waals surface area (Å²) in [6.45, 7) is 2.77. The molecule has 0 bridgehead atoms. The Balaban J connectivity index is 1.51. The quantitative estimate of drug-likeness (QED) is 0.737. The number of piperidine rings is 1. The Bertz CT molecular complexity index is 256. The topological polar surface area (TPSA) is 58.4 Å². The molecule has 0 atom stereocenters. The lowest BCUT2D eigenvalue weighted by Gasteiger charge is -2.31. The Hall–Kier alpha value is -0.770. The minimum atomic E-state index is -0.269. The van der Waals surface area contributed by atoms with Gasteiger partial charge in [-0.2, -0.15) is 0 Å². The van der Waals surface area contributed by atoms with Gasteiger partial charge < -0.3 is 16.0 Å². The van der Waals surface area contributed by atoms with Crippen LogP contribution in [0.15, 0.2) is 0 Å². The molecule has 4 heteroatoms. The number of primary amides is 1. The van der Waals surface area contributed by atoms with Crippen LogP contribution in [0.5, 0.6) is 0 Å². The van der Waals surface area contributed by atoms with Crippen LogP contribution in [-0.4, -0.2) is 36.6 Å². The predicted octanol–water partition coefficient (Wildman–Crippen LogP) is 2.09. The van der Waals surface area contributed by atoms with Gasteiger partial charge >= 0.3 is 6.03 Å². The Morgan fingerprint density at radius 2 is 1.83 bits per heavy atom. The van der Waals surface area contributed by atoms with E-state index in [0.717, 1.165) is 38.4 Å². The molecule has 0 spiro atoms. The smallest absolute Gasteiger partial charge is 0.314 e. The number of likely N-dealkylation sites (tertiary alicyclic amines) is 1. The van der Waals surface area contributed by atoms with Crippen molar-refractivity contribution in [1.29, 1.82) is 0 Å². The van der Waals surface area contributed by atoms with E-state index in [4.69, 9.17) is 5.73 Å². The summed E-state index contributed by atoms with van der Waals surface area (Å²) in [6, 6.07) is 0.318. The Morgan fingerprint density at radius 3 is 2.44 bits per heavy atom. The molecule has 1 saturated heterocycles. The van der Waals surface area contributed by atoms with Crippen molar-refractivity contribution >= 4 is 6.03 Å². The van der Waals surface area contributed by atoms with Crippen molar-refractivity contribution in [3.05, 3.63) is 0 Å². The van der Waals surface area contributed by atoms with Gasteiger partial charge in [0.05, 0.1) is 0 Å². The third-order valence-electron chi connectivity index (χ3n) is 4.50. The molecular formula is C14H27N3O. The molecule has 18 heavy (non-hydrogen) atoms. The van der Waals surface area contributed by atoms with Crippen LogP contribution in [0.1, 0.15) is 51.4 Å². The van der Waals surface area contributed by atoms with Crippen molar-refractivity contribution in [3.63, 3.8) is 0 Å². The van der Waals surface area contributed by atoms with Crippen LogP contribution in [0.3, 0.4) is 0 Å². The SMILES string of the molecule is NC(=O)N1CCC(NCCCC2CCCC2)CC1. The molecule has 1 aliphatic heterocycles. The van der Waals surface area contributed by atoms with Crippen LogP contribution < -0.4 is 11.1 Å². The van der Waals surface area contributed by atoms with E-state index in [1.807, 2.05) is 0 Å². The van der Waals surface area contributed by atoms with Crippen molar-refractivity contribution in [2.45, 2.75) is 57.4 Å². The number of amides is 2. The first kappa shape index (κ1) is 13.7. The minimum absolute atomic E-state index is 0.269. The van der Waals surface area contributed by atoms with Crippen molar-refractivity contribution in [2.24, 2.45) is 11.7 Å². The number of carbonyl (C=O) groups is 1. The first-order valence-corrected chi connectivity index (χ1v) is 7.53. The Labute approximate surface area is 110 Å². The fourth-order valence-corrected chi connectivity index (χ4v) is 3.30. The van der Waals surface area contributed by atoms with Gasteiger partial charge in [0.25, 0.3) is 0 Å². The van der Waals surface area contributed by atoms with Gasteiger partial charge in [-0.3, -0.25) is 0 Å². The van der Waals surface area contributed by atoms with E-state index in [9.17, 15) is 4.79 Å². The summed E-state index contributed by atoms with van der Waals surface area (Å²) in [5.74, 6) is 1.00. The number of hydrogen-bond acceptors (Lipinski definition) is 2. The lowest BCUT2D eigenvalue weighted by Crippen LogP contribution is -2.46. The molecule has 2 rings (SSSR count). The van der Waals surface area contributed by atoms with E-state index in [1.54, 1.807) is 4.90 Å². The van der Waals surface area contributed by atoms with E-state index in [-0.39, 0.29) is 6.03 Å². The van der Waals surface area contributed by atoms with Crippen LogP contribution in [0.25, 0.3) is 0 Å². The maximum atomic E-state index is 11.0. The van der Waals surface area contributed by atoms with Crippen LogP contribution in [0.2, 0.25) is 0 Å². The first-order chi connectivity index (χ1) is 8.75. The summed E-state index contributed by atoms with van der Waals surface area (Å²) in [7, 11) is 0. The average Bonchev–Trinajstić information content (AvgIpc) is 2.88.